The zero-order valence-corrected chi connectivity index (χ0v) is 19.8. The van der Waals surface area contributed by atoms with Gasteiger partial charge < -0.3 is 19.1 Å². The molecule has 8 nitrogen and oxygen atoms in total. The van der Waals surface area contributed by atoms with Crippen molar-refractivity contribution >= 4 is 23.2 Å². The van der Waals surface area contributed by atoms with E-state index in [1.165, 1.54) is 49.6 Å². The normalized spacial score (nSPS) is 14.7. The van der Waals surface area contributed by atoms with Crippen molar-refractivity contribution in [3.8, 4) is 17.2 Å². The van der Waals surface area contributed by atoms with Crippen molar-refractivity contribution in [2.75, 3.05) is 27.4 Å². The van der Waals surface area contributed by atoms with Crippen LogP contribution in [0.1, 0.15) is 27.5 Å². The average Bonchev–Trinajstić information content (AvgIpc) is 2.86. The molecule has 182 valence electrons. The van der Waals surface area contributed by atoms with E-state index in [4.69, 9.17) is 25.8 Å². The Hall–Kier alpha value is -3.85. The molecule has 0 saturated heterocycles. The Morgan fingerprint density at radius 2 is 1.80 bits per heavy atom. The second-order valence-electron chi connectivity index (χ2n) is 7.86. The average molecular weight is 501 g/mol. The molecular weight excluding hydrogens is 479 g/mol. The van der Waals surface area contributed by atoms with Crippen LogP contribution >= 0.6 is 11.6 Å². The Bertz CT molecular complexity index is 1270. The summed E-state index contributed by atoms with van der Waals surface area (Å²) < 4.78 is 30.1. The Labute approximate surface area is 205 Å². The van der Waals surface area contributed by atoms with Crippen molar-refractivity contribution in [1.29, 1.82) is 0 Å². The van der Waals surface area contributed by atoms with E-state index in [1.54, 1.807) is 18.1 Å². The second-order valence-corrected chi connectivity index (χ2v) is 8.27. The third kappa shape index (κ3) is 5.00. The third-order valence-electron chi connectivity index (χ3n) is 5.87. The van der Waals surface area contributed by atoms with Gasteiger partial charge in [0, 0.05) is 18.2 Å². The fraction of sp³-hybridized carbons (Fsp3) is 0.240. The first-order valence-corrected chi connectivity index (χ1v) is 11.1. The maximum absolute atomic E-state index is 13.5. The topological polar surface area (TPSA) is 91.1 Å². The van der Waals surface area contributed by atoms with E-state index in [-0.39, 0.29) is 22.9 Å². The summed E-state index contributed by atoms with van der Waals surface area (Å²) in [5, 5.41) is 11.3. The monoisotopic (exact) mass is 500 g/mol. The number of hydrogen-bond donors (Lipinski definition) is 0. The van der Waals surface area contributed by atoms with Crippen LogP contribution in [0, 0.1) is 15.9 Å². The van der Waals surface area contributed by atoms with Gasteiger partial charge in [-0.05, 0) is 66.1 Å². The number of carbonyl (C=O) groups is 1. The molecule has 4 rings (SSSR count). The Morgan fingerprint density at radius 3 is 2.46 bits per heavy atom. The van der Waals surface area contributed by atoms with E-state index in [0.717, 1.165) is 11.1 Å². The van der Waals surface area contributed by atoms with Crippen LogP contribution in [-0.4, -0.2) is 43.1 Å². The van der Waals surface area contributed by atoms with Crippen LogP contribution < -0.4 is 14.2 Å². The predicted molar refractivity (Wildman–Crippen MR) is 127 cm³/mol. The minimum atomic E-state index is -0.628. The molecule has 0 aliphatic carbocycles. The van der Waals surface area contributed by atoms with Gasteiger partial charge in [0.15, 0.2) is 11.5 Å². The number of hydrogen-bond acceptors (Lipinski definition) is 6. The lowest BCUT2D eigenvalue weighted by atomic mass is 9.91. The molecule has 0 aromatic heterocycles. The number of methoxy groups -OCH3 is 2. The number of amides is 1. The van der Waals surface area contributed by atoms with Crippen LogP contribution in [0.3, 0.4) is 0 Å². The quantitative estimate of drug-likeness (QED) is 0.326. The highest BCUT2D eigenvalue weighted by Gasteiger charge is 2.34. The van der Waals surface area contributed by atoms with E-state index >= 15 is 0 Å². The van der Waals surface area contributed by atoms with Gasteiger partial charge in [-0.1, -0.05) is 11.6 Å². The molecular formula is C25H22ClFN2O6. The lowest BCUT2D eigenvalue weighted by molar-refractivity contribution is -0.384. The summed E-state index contributed by atoms with van der Waals surface area (Å²) in [6, 6.07) is 12.7. The van der Waals surface area contributed by atoms with E-state index in [9.17, 15) is 19.3 Å². The summed E-state index contributed by atoms with van der Waals surface area (Å²) >= 11 is 5.93. The van der Waals surface area contributed by atoms with Crippen molar-refractivity contribution in [2.24, 2.45) is 0 Å². The number of rotatable bonds is 7. The molecule has 0 saturated carbocycles. The number of ether oxygens (including phenoxy) is 3. The SMILES string of the molecule is COc1cc2c(cc1OC)C(COc1ccc(F)cc1)N(C(=O)c1ccc(Cl)c([N+](=O)[O-])c1)CC2. The smallest absolute Gasteiger partial charge is 0.288 e. The number of benzene rings is 3. The molecule has 0 radical (unpaired) electrons. The van der Waals surface area contributed by atoms with E-state index in [2.05, 4.69) is 0 Å². The number of nitrogens with zero attached hydrogens (tertiary/aromatic N) is 2. The van der Waals surface area contributed by atoms with E-state index in [0.29, 0.717) is 30.2 Å². The van der Waals surface area contributed by atoms with Crippen LogP contribution in [0.25, 0.3) is 0 Å². The highest BCUT2D eigenvalue weighted by molar-refractivity contribution is 6.32. The van der Waals surface area contributed by atoms with Gasteiger partial charge in [-0.15, -0.1) is 0 Å². The summed E-state index contributed by atoms with van der Waals surface area (Å²) in [5.74, 6) is 0.705. The largest absolute Gasteiger partial charge is 0.493 e. The van der Waals surface area contributed by atoms with E-state index < -0.39 is 22.7 Å². The highest BCUT2D eigenvalue weighted by atomic mass is 35.5. The molecule has 1 aliphatic heterocycles. The fourth-order valence-electron chi connectivity index (χ4n) is 4.11. The van der Waals surface area contributed by atoms with Gasteiger partial charge in [-0.3, -0.25) is 14.9 Å². The number of halogens is 2. The lowest BCUT2D eigenvalue weighted by Crippen LogP contribution is -2.42. The van der Waals surface area contributed by atoms with Crippen LogP contribution in [0.2, 0.25) is 5.02 Å². The molecule has 1 atom stereocenters. The van der Waals surface area contributed by atoms with E-state index in [1.807, 2.05) is 6.07 Å². The van der Waals surface area contributed by atoms with Gasteiger partial charge in [0.1, 0.15) is 23.2 Å². The first kappa shape index (κ1) is 24.3. The molecule has 3 aromatic rings. The Morgan fingerprint density at radius 1 is 1.11 bits per heavy atom. The van der Waals surface area contributed by atoms with Gasteiger partial charge in [0.05, 0.1) is 25.2 Å². The molecule has 1 amide bonds. The molecule has 35 heavy (non-hydrogen) atoms. The predicted octanol–water partition coefficient (Wildman–Crippen LogP) is 5.22. The van der Waals surface area contributed by atoms with Crippen molar-refractivity contribution < 1.29 is 28.3 Å². The van der Waals surface area contributed by atoms with Crippen LogP contribution in [0.15, 0.2) is 54.6 Å². The molecule has 3 aromatic carbocycles. The molecule has 0 bridgehead atoms. The second kappa shape index (κ2) is 10.2. The fourth-order valence-corrected chi connectivity index (χ4v) is 4.29. The Kier molecular flexibility index (Phi) is 7.07. The summed E-state index contributed by atoms with van der Waals surface area (Å²) in [5.41, 5.74) is 1.55. The van der Waals surface area contributed by atoms with Crippen molar-refractivity contribution in [3.05, 3.63) is 92.2 Å². The number of carbonyl (C=O) groups excluding carboxylic acids is 1. The maximum atomic E-state index is 13.5. The number of nitro benzene ring substituents is 1. The van der Waals surface area contributed by atoms with Gasteiger partial charge in [-0.2, -0.15) is 0 Å². The summed E-state index contributed by atoms with van der Waals surface area (Å²) in [6.45, 7) is 0.407. The Balaban J connectivity index is 1.72. The van der Waals surface area contributed by atoms with Gasteiger partial charge in [0.25, 0.3) is 11.6 Å². The lowest BCUT2D eigenvalue weighted by Gasteiger charge is -2.37. The third-order valence-corrected chi connectivity index (χ3v) is 6.19. The molecule has 1 heterocycles. The zero-order valence-electron chi connectivity index (χ0n) is 19.0. The van der Waals surface area contributed by atoms with Crippen LogP contribution in [0.5, 0.6) is 17.2 Å². The molecule has 0 fully saturated rings. The first-order chi connectivity index (χ1) is 16.8. The summed E-state index contributed by atoms with van der Waals surface area (Å²) in [7, 11) is 3.07. The molecule has 1 aliphatic rings. The first-order valence-electron chi connectivity index (χ1n) is 10.7. The summed E-state index contributed by atoms with van der Waals surface area (Å²) in [4.78, 5) is 25.9. The zero-order chi connectivity index (χ0) is 25.1. The van der Waals surface area contributed by atoms with Crippen LogP contribution in [-0.2, 0) is 6.42 Å². The summed E-state index contributed by atoms with van der Waals surface area (Å²) in [6.07, 6.45) is 0.532. The van der Waals surface area contributed by atoms with Gasteiger partial charge in [0.2, 0.25) is 0 Å². The van der Waals surface area contributed by atoms with Gasteiger partial charge in [-0.25, -0.2) is 4.39 Å². The number of nitro groups is 1. The molecule has 1 unspecified atom stereocenters. The number of fused-ring (bicyclic) bond motifs is 1. The maximum Gasteiger partial charge on any atom is 0.288 e. The van der Waals surface area contributed by atoms with Crippen molar-refractivity contribution in [3.63, 3.8) is 0 Å². The van der Waals surface area contributed by atoms with Crippen molar-refractivity contribution in [2.45, 2.75) is 12.5 Å². The minimum absolute atomic E-state index is 0.0523. The van der Waals surface area contributed by atoms with Gasteiger partial charge >= 0.3 is 0 Å². The van der Waals surface area contributed by atoms with Crippen molar-refractivity contribution in [1.82, 2.24) is 4.90 Å². The standard InChI is InChI=1S/C25H22ClFN2O6/c1-33-23-12-15-9-10-28(25(30)16-3-8-20(26)21(11-16)29(31)32)22(19(15)13-24(23)34-2)14-35-18-6-4-17(27)5-7-18/h3-8,11-13,22H,9-10,14H2,1-2H3. The highest BCUT2D eigenvalue weighted by Crippen LogP contribution is 2.39. The molecule has 0 N–H and O–H groups in total. The van der Waals surface area contributed by atoms with Crippen LogP contribution in [0.4, 0.5) is 10.1 Å². The minimum Gasteiger partial charge on any atom is -0.493 e. The molecule has 10 heteroatoms. The molecule has 0 spiro atoms.